The van der Waals surface area contributed by atoms with Gasteiger partial charge in [-0.3, -0.25) is 0 Å². The van der Waals surface area contributed by atoms with Crippen LogP contribution >= 0.6 is 0 Å². The SMILES string of the molecule is CCOC(=O)C1=CN(C)C=C(C(=O)OCC)C1c1ccc(OC)cc1. The Morgan fingerprint density at radius 3 is 1.84 bits per heavy atom. The molecule has 0 N–H and O–H groups in total. The summed E-state index contributed by atoms with van der Waals surface area (Å²) in [6.07, 6.45) is 3.35. The van der Waals surface area contributed by atoms with Gasteiger partial charge in [0.15, 0.2) is 0 Å². The molecule has 1 aromatic carbocycles. The summed E-state index contributed by atoms with van der Waals surface area (Å²) >= 11 is 0. The van der Waals surface area contributed by atoms with Crippen molar-refractivity contribution in [3.63, 3.8) is 0 Å². The first-order chi connectivity index (χ1) is 12.0. The van der Waals surface area contributed by atoms with Crippen LogP contribution in [0, 0.1) is 0 Å². The van der Waals surface area contributed by atoms with E-state index >= 15 is 0 Å². The van der Waals surface area contributed by atoms with E-state index in [1.165, 1.54) is 0 Å². The monoisotopic (exact) mass is 345 g/mol. The van der Waals surface area contributed by atoms with Gasteiger partial charge in [-0.15, -0.1) is 0 Å². The summed E-state index contributed by atoms with van der Waals surface area (Å²) in [7, 11) is 3.33. The highest BCUT2D eigenvalue weighted by molar-refractivity contribution is 5.98. The largest absolute Gasteiger partial charge is 0.497 e. The van der Waals surface area contributed by atoms with Crippen LogP contribution in [0.5, 0.6) is 5.75 Å². The first-order valence-electron chi connectivity index (χ1n) is 8.15. The Bertz CT molecular complexity index is 654. The van der Waals surface area contributed by atoms with Crippen LogP contribution in [-0.2, 0) is 19.1 Å². The van der Waals surface area contributed by atoms with E-state index in [2.05, 4.69) is 0 Å². The lowest BCUT2D eigenvalue weighted by molar-refractivity contribution is -0.139. The number of ether oxygens (including phenoxy) is 3. The average molecular weight is 345 g/mol. The molecule has 0 amide bonds. The summed E-state index contributed by atoms with van der Waals surface area (Å²) in [5, 5.41) is 0. The molecule has 0 unspecified atom stereocenters. The minimum atomic E-state index is -0.555. The molecule has 1 heterocycles. The predicted molar refractivity (Wildman–Crippen MR) is 92.9 cm³/mol. The minimum absolute atomic E-state index is 0.258. The van der Waals surface area contributed by atoms with E-state index < -0.39 is 17.9 Å². The third kappa shape index (κ3) is 4.21. The molecule has 25 heavy (non-hydrogen) atoms. The number of nitrogens with zero attached hydrogens (tertiary/aromatic N) is 1. The highest BCUT2D eigenvalue weighted by atomic mass is 16.5. The maximum absolute atomic E-state index is 12.5. The first kappa shape index (κ1) is 18.6. The topological polar surface area (TPSA) is 65.1 Å². The summed E-state index contributed by atoms with van der Waals surface area (Å²) in [6.45, 7) is 4.01. The van der Waals surface area contributed by atoms with Crippen LogP contribution in [0.25, 0.3) is 0 Å². The molecule has 0 spiro atoms. The molecule has 0 aromatic heterocycles. The zero-order valence-corrected chi connectivity index (χ0v) is 14.9. The highest BCUT2D eigenvalue weighted by Crippen LogP contribution is 2.37. The molecule has 0 atom stereocenters. The van der Waals surface area contributed by atoms with Gasteiger partial charge in [-0.2, -0.15) is 0 Å². The van der Waals surface area contributed by atoms with Crippen molar-refractivity contribution in [2.45, 2.75) is 19.8 Å². The van der Waals surface area contributed by atoms with E-state index in [-0.39, 0.29) is 13.2 Å². The lowest BCUT2D eigenvalue weighted by Gasteiger charge is -2.28. The summed E-state index contributed by atoms with van der Waals surface area (Å²) in [4.78, 5) is 26.6. The molecule has 0 fully saturated rings. The van der Waals surface area contributed by atoms with Crippen molar-refractivity contribution in [1.29, 1.82) is 0 Å². The van der Waals surface area contributed by atoms with Gasteiger partial charge in [0.05, 0.1) is 37.4 Å². The second-order valence-electron chi connectivity index (χ2n) is 5.48. The zero-order valence-electron chi connectivity index (χ0n) is 14.9. The Morgan fingerprint density at radius 2 is 1.44 bits per heavy atom. The van der Waals surface area contributed by atoms with Crippen LogP contribution in [0.2, 0.25) is 0 Å². The number of methoxy groups -OCH3 is 1. The first-order valence-corrected chi connectivity index (χ1v) is 8.15. The maximum atomic E-state index is 12.5. The van der Waals surface area contributed by atoms with Gasteiger partial charge in [-0.05, 0) is 31.5 Å². The molecule has 6 nitrogen and oxygen atoms in total. The summed E-state index contributed by atoms with van der Waals surface area (Å²) in [5.41, 5.74) is 1.56. The van der Waals surface area contributed by atoms with E-state index in [4.69, 9.17) is 14.2 Å². The van der Waals surface area contributed by atoms with Crippen LogP contribution in [-0.4, -0.2) is 44.2 Å². The van der Waals surface area contributed by atoms with Crippen molar-refractivity contribution in [3.05, 3.63) is 53.4 Å². The smallest absolute Gasteiger partial charge is 0.336 e. The molecular formula is C19H23NO5. The van der Waals surface area contributed by atoms with Crippen molar-refractivity contribution in [3.8, 4) is 5.75 Å². The number of benzene rings is 1. The third-order valence-corrected chi connectivity index (χ3v) is 3.78. The molecule has 134 valence electrons. The lowest BCUT2D eigenvalue weighted by Crippen LogP contribution is -2.28. The number of carbonyl (C=O) groups is 2. The van der Waals surface area contributed by atoms with E-state index in [1.54, 1.807) is 57.4 Å². The molecule has 1 aromatic rings. The Labute approximate surface area is 147 Å². The normalized spacial score (nSPS) is 14.5. The van der Waals surface area contributed by atoms with Crippen LogP contribution in [0.1, 0.15) is 25.3 Å². The van der Waals surface area contributed by atoms with Gasteiger partial charge >= 0.3 is 11.9 Å². The van der Waals surface area contributed by atoms with E-state index in [1.807, 2.05) is 12.1 Å². The van der Waals surface area contributed by atoms with Crippen molar-refractivity contribution in [2.24, 2.45) is 0 Å². The predicted octanol–water partition coefficient (Wildman–Crippen LogP) is 2.62. The highest BCUT2D eigenvalue weighted by Gasteiger charge is 2.34. The van der Waals surface area contributed by atoms with Gasteiger partial charge < -0.3 is 19.1 Å². The van der Waals surface area contributed by atoms with Crippen molar-refractivity contribution in [2.75, 3.05) is 27.4 Å². The second kappa shape index (κ2) is 8.37. The maximum Gasteiger partial charge on any atom is 0.336 e. The fourth-order valence-corrected chi connectivity index (χ4v) is 2.72. The van der Waals surface area contributed by atoms with Gasteiger partial charge in [0, 0.05) is 19.4 Å². The molecule has 1 aliphatic rings. The van der Waals surface area contributed by atoms with Crippen molar-refractivity contribution >= 4 is 11.9 Å². The fourth-order valence-electron chi connectivity index (χ4n) is 2.72. The molecular weight excluding hydrogens is 322 g/mol. The number of hydrogen-bond donors (Lipinski definition) is 0. The summed E-state index contributed by atoms with van der Waals surface area (Å²) in [5.74, 6) is -0.768. The number of esters is 2. The van der Waals surface area contributed by atoms with Crippen molar-refractivity contribution in [1.82, 2.24) is 4.90 Å². The quantitative estimate of drug-likeness (QED) is 0.739. The van der Waals surface area contributed by atoms with Gasteiger partial charge in [0.1, 0.15) is 5.75 Å². The van der Waals surface area contributed by atoms with Crippen molar-refractivity contribution < 1.29 is 23.8 Å². The minimum Gasteiger partial charge on any atom is -0.497 e. The van der Waals surface area contributed by atoms with Gasteiger partial charge in [0.25, 0.3) is 0 Å². The van der Waals surface area contributed by atoms with Gasteiger partial charge in [0.2, 0.25) is 0 Å². The number of carbonyl (C=O) groups excluding carboxylic acids is 2. The lowest BCUT2D eigenvalue weighted by atomic mass is 9.83. The number of rotatable bonds is 6. The Hall–Kier alpha value is -2.76. The van der Waals surface area contributed by atoms with Crippen LogP contribution in [0.3, 0.4) is 0 Å². The molecule has 0 saturated carbocycles. The standard InChI is InChI=1S/C19H23NO5/c1-5-24-18(21)15-11-20(3)12-16(19(22)25-6-2)17(15)13-7-9-14(23-4)10-8-13/h7-12,17H,5-6H2,1-4H3. The average Bonchev–Trinajstić information content (AvgIpc) is 2.61. The van der Waals surface area contributed by atoms with E-state index in [0.29, 0.717) is 16.9 Å². The van der Waals surface area contributed by atoms with Crippen LogP contribution in [0.4, 0.5) is 0 Å². The third-order valence-electron chi connectivity index (χ3n) is 3.78. The second-order valence-corrected chi connectivity index (χ2v) is 5.48. The Kier molecular flexibility index (Phi) is 6.22. The van der Waals surface area contributed by atoms with E-state index in [9.17, 15) is 9.59 Å². The molecule has 6 heteroatoms. The van der Waals surface area contributed by atoms with Gasteiger partial charge in [-0.25, -0.2) is 9.59 Å². The zero-order chi connectivity index (χ0) is 18.4. The van der Waals surface area contributed by atoms with Gasteiger partial charge in [-0.1, -0.05) is 12.1 Å². The molecule has 0 saturated heterocycles. The molecule has 0 bridgehead atoms. The van der Waals surface area contributed by atoms with E-state index in [0.717, 1.165) is 5.56 Å². The van der Waals surface area contributed by atoms with Crippen LogP contribution < -0.4 is 4.74 Å². The molecule has 1 aliphatic heterocycles. The molecule has 2 rings (SSSR count). The number of hydrogen-bond acceptors (Lipinski definition) is 6. The van der Waals surface area contributed by atoms with Crippen LogP contribution in [0.15, 0.2) is 47.8 Å². The summed E-state index contributed by atoms with van der Waals surface area (Å²) < 4.78 is 15.5. The molecule has 0 radical (unpaired) electrons. The Balaban J connectivity index is 2.49. The Morgan fingerprint density at radius 1 is 0.960 bits per heavy atom. The summed E-state index contributed by atoms with van der Waals surface area (Å²) in [6, 6.07) is 7.24. The molecule has 0 aliphatic carbocycles. The fraction of sp³-hybridized carbons (Fsp3) is 0.368.